The molecule has 0 aromatic heterocycles. The maximum atomic E-state index is 12.0. The Bertz CT molecular complexity index is 294. The minimum absolute atomic E-state index is 0.112. The summed E-state index contributed by atoms with van der Waals surface area (Å²) in [6, 6.07) is 0.729. The van der Waals surface area contributed by atoms with Crippen LogP contribution in [0, 0.1) is 5.92 Å². The minimum Gasteiger partial charge on any atom is -0.465 e. The number of carbonyl (C=O) groups is 1. The van der Waals surface area contributed by atoms with E-state index in [1.165, 1.54) is 12.8 Å². The Morgan fingerprint density at radius 1 is 1.40 bits per heavy atom. The first-order chi connectivity index (χ1) is 9.45. The van der Waals surface area contributed by atoms with Gasteiger partial charge in [0.25, 0.3) is 0 Å². The van der Waals surface area contributed by atoms with Crippen molar-refractivity contribution in [3.8, 4) is 0 Å². The first-order valence-electron chi connectivity index (χ1n) is 8.12. The number of esters is 1. The van der Waals surface area contributed by atoms with Crippen LogP contribution < -0.4 is 5.32 Å². The average molecular weight is 284 g/mol. The van der Waals surface area contributed by atoms with E-state index in [0.29, 0.717) is 18.7 Å². The summed E-state index contributed by atoms with van der Waals surface area (Å²) in [6.07, 6.45) is 3.42. The number of piperidine rings is 1. The van der Waals surface area contributed by atoms with Crippen molar-refractivity contribution in [2.45, 2.75) is 72.0 Å². The second kappa shape index (κ2) is 8.63. The zero-order valence-corrected chi connectivity index (χ0v) is 13.8. The molecule has 20 heavy (non-hydrogen) atoms. The quantitative estimate of drug-likeness (QED) is 0.729. The Hall–Kier alpha value is -0.610. The van der Waals surface area contributed by atoms with Gasteiger partial charge in [-0.3, -0.25) is 4.79 Å². The molecule has 1 aliphatic rings. The second-order valence-electron chi connectivity index (χ2n) is 6.31. The molecule has 4 heteroatoms. The summed E-state index contributed by atoms with van der Waals surface area (Å²) >= 11 is 0. The van der Waals surface area contributed by atoms with Crippen LogP contribution in [-0.2, 0) is 9.53 Å². The van der Waals surface area contributed by atoms with Crippen LogP contribution in [0.3, 0.4) is 0 Å². The van der Waals surface area contributed by atoms with Gasteiger partial charge in [-0.05, 0) is 45.6 Å². The molecule has 1 N–H and O–H groups in total. The van der Waals surface area contributed by atoms with Crippen LogP contribution in [0.25, 0.3) is 0 Å². The van der Waals surface area contributed by atoms with Crippen molar-refractivity contribution in [1.82, 2.24) is 10.2 Å². The van der Waals surface area contributed by atoms with Gasteiger partial charge in [-0.2, -0.15) is 0 Å². The van der Waals surface area contributed by atoms with Gasteiger partial charge in [0.2, 0.25) is 0 Å². The summed E-state index contributed by atoms with van der Waals surface area (Å²) in [7, 11) is 0. The van der Waals surface area contributed by atoms with Crippen molar-refractivity contribution >= 4 is 5.97 Å². The molecule has 0 saturated carbocycles. The summed E-state index contributed by atoms with van der Waals surface area (Å²) in [5.41, 5.74) is 0. The molecule has 4 nitrogen and oxygen atoms in total. The smallest absolute Gasteiger partial charge is 0.323 e. The molecule has 118 valence electrons. The van der Waals surface area contributed by atoms with Crippen LogP contribution in [0.1, 0.15) is 53.9 Å². The van der Waals surface area contributed by atoms with Crippen LogP contribution in [-0.4, -0.2) is 48.7 Å². The molecular formula is C16H32N2O2. The molecule has 1 fully saturated rings. The lowest BCUT2D eigenvalue weighted by atomic mass is 9.92. The topological polar surface area (TPSA) is 41.6 Å². The fourth-order valence-corrected chi connectivity index (χ4v) is 2.95. The van der Waals surface area contributed by atoms with E-state index in [1.54, 1.807) is 0 Å². The molecule has 3 atom stereocenters. The number of nitrogens with one attached hydrogen (secondary N) is 1. The third-order valence-electron chi connectivity index (χ3n) is 4.31. The average Bonchev–Trinajstić information content (AvgIpc) is 2.38. The standard InChI is InChI=1S/C16H32N2O2/c1-6-20-16(19)15(17-12(2)3)9-11-18-10-7-8-13(4)14(18)5/h12-15,17H,6-11H2,1-5H3. The molecule has 0 aromatic carbocycles. The lowest BCUT2D eigenvalue weighted by Crippen LogP contribution is -2.47. The Balaban J connectivity index is 2.50. The number of carbonyl (C=O) groups excluding carboxylic acids is 1. The third kappa shape index (κ3) is 5.41. The van der Waals surface area contributed by atoms with E-state index < -0.39 is 0 Å². The van der Waals surface area contributed by atoms with E-state index in [2.05, 4.69) is 37.9 Å². The molecule has 1 heterocycles. The summed E-state index contributed by atoms with van der Waals surface area (Å²) in [5.74, 6) is 0.641. The molecule has 1 aliphatic heterocycles. The van der Waals surface area contributed by atoms with Crippen molar-refractivity contribution in [3.05, 3.63) is 0 Å². The Kier molecular flexibility index (Phi) is 7.52. The van der Waals surface area contributed by atoms with Crippen LogP contribution in [0.5, 0.6) is 0 Å². The molecular weight excluding hydrogens is 252 g/mol. The van der Waals surface area contributed by atoms with Crippen molar-refractivity contribution in [2.75, 3.05) is 19.7 Å². The van der Waals surface area contributed by atoms with Gasteiger partial charge in [0.05, 0.1) is 6.61 Å². The Labute approximate surface area is 124 Å². The molecule has 0 spiro atoms. The maximum absolute atomic E-state index is 12.0. The molecule has 3 unspecified atom stereocenters. The van der Waals surface area contributed by atoms with E-state index in [9.17, 15) is 4.79 Å². The van der Waals surface area contributed by atoms with Crippen LogP contribution in [0.2, 0.25) is 0 Å². The highest BCUT2D eigenvalue weighted by atomic mass is 16.5. The van der Waals surface area contributed by atoms with Gasteiger partial charge in [-0.15, -0.1) is 0 Å². The first-order valence-corrected chi connectivity index (χ1v) is 8.12. The summed E-state index contributed by atoms with van der Waals surface area (Å²) < 4.78 is 5.17. The third-order valence-corrected chi connectivity index (χ3v) is 4.31. The van der Waals surface area contributed by atoms with E-state index in [4.69, 9.17) is 4.74 Å². The van der Waals surface area contributed by atoms with Gasteiger partial charge in [0.15, 0.2) is 0 Å². The largest absolute Gasteiger partial charge is 0.465 e. The van der Waals surface area contributed by atoms with Gasteiger partial charge in [-0.1, -0.05) is 20.8 Å². The molecule has 0 bridgehead atoms. The van der Waals surface area contributed by atoms with Gasteiger partial charge in [0, 0.05) is 18.6 Å². The SMILES string of the molecule is CCOC(=O)C(CCN1CCCC(C)C1C)NC(C)C. The first kappa shape index (κ1) is 17.4. The zero-order chi connectivity index (χ0) is 15.1. The maximum Gasteiger partial charge on any atom is 0.323 e. The van der Waals surface area contributed by atoms with E-state index >= 15 is 0 Å². The summed E-state index contributed by atoms with van der Waals surface area (Å²) in [5, 5.41) is 3.33. The number of rotatable bonds is 7. The van der Waals surface area contributed by atoms with Crippen molar-refractivity contribution in [2.24, 2.45) is 5.92 Å². The highest BCUT2D eigenvalue weighted by Crippen LogP contribution is 2.23. The molecule has 0 radical (unpaired) electrons. The number of ether oxygens (including phenoxy) is 1. The van der Waals surface area contributed by atoms with E-state index in [1.807, 2.05) is 6.92 Å². The summed E-state index contributed by atoms with van der Waals surface area (Å²) in [6.45, 7) is 13.2. The fourth-order valence-electron chi connectivity index (χ4n) is 2.95. The van der Waals surface area contributed by atoms with Gasteiger partial charge in [-0.25, -0.2) is 0 Å². The van der Waals surface area contributed by atoms with Crippen molar-refractivity contribution in [1.29, 1.82) is 0 Å². The lowest BCUT2D eigenvalue weighted by molar-refractivity contribution is -0.146. The number of hydrogen-bond acceptors (Lipinski definition) is 4. The zero-order valence-electron chi connectivity index (χ0n) is 13.8. The lowest BCUT2D eigenvalue weighted by Gasteiger charge is -2.38. The molecule has 1 rings (SSSR count). The summed E-state index contributed by atoms with van der Waals surface area (Å²) in [4.78, 5) is 14.5. The monoisotopic (exact) mass is 284 g/mol. The highest BCUT2D eigenvalue weighted by Gasteiger charge is 2.27. The van der Waals surface area contributed by atoms with Gasteiger partial charge in [0.1, 0.15) is 6.04 Å². The normalized spacial score (nSPS) is 25.7. The molecule has 0 aliphatic carbocycles. The van der Waals surface area contributed by atoms with E-state index in [-0.39, 0.29) is 12.0 Å². The van der Waals surface area contributed by atoms with Crippen LogP contribution in [0.15, 0.2) is 0 Å². The number of hydrogen-bond donors (Lipinski definition) is 1. The number of nitrogens with zero attached hydrogens (tertiary/aromatic N) is 1. The molecule has 1 saturated heterocycles. The predicted octanol–water partition coefficient (Wildman–Crippen LogP) is 2.43. The molecule has 0 aromatic rings. The Morgan fingerprint density at radius 3 is 2.70 bits per heavy atom. The van der Waals surface area contributed by atoms with E-state index in [0.717, 1.165) is 25.4 Å². The molecule has 0 amide bonds. The minimum atomic E-state index is -0.181. The second-order valence-corrected chi connectivity index (χ2v) is 6.31. The fraction of sp³-hybridized carbons (Fsp3) is 0.938. The van der Waals surface area contributed by atoms with Gasteiger partial charge < -0.3 is 15.0 Å². The predicted molar refractivity (Wildman–Crippen MR) is 82.7 cm³/mol. The van der Waals surface area contributed by atoms with Crippen LogP contribution >= 0.6 is 0 Å². The van der Waals surface area contributed by atoms with Crippen molar-refractivity contribution < 1.29 is 9.53 Å². The van der Waals surface area contributed by atoms with Crippen molar-refractivity contribution in [3.63, 3.8) is 0 Å². The Morgan fingerprint density at radius 2 is 2.10 bits per heavy atom. The highest BCUT2D eigenvalue weighted by molar-refractivity contribution is 5.75. The van der Waals surface area contributed by atoms with Crippen LogP contribution in [0.4, 0.5) is 0 Å². The number of likely N-dealkylation sites (tertiary alicyclic amines) is 1. The van der Waals surface area contributed by atoms with Gasteiger partial charge >= 0.3 is 5.97 Å².